The number of hydrogen-bond acceptors (Lipinski definition) is 3. The minimum Gasteiger partial charge on any atom is -0.493 e. The van der Waals surface area contributed by atoms with Gasteiger partial charge < -0.3 is 15.2 Å². The van der Waals surface area contributed by atoms with Crippen LogP contribution in [0.2, 0.25) is 0 Å². The molecule has 1 aromatic carbocycles. The fourth-order valence-electron chi connectivity index (χ4n) is 2.25. The van der Waals surface area contributed by atoms with Crippen LogP contribution in [0.3, 0.4) is 0 Å². The van der Waals surface area contributed by atoms with Crippen molar-refractivity contribution < 1.29 is 9.84 Å². The Kier molecular flexibility index (Phi) is 2.60. The molecule has 0 radical (unpaired) electrons. The van der Waals surface area contributed by atoms with Crippen LogP contribution in [0.1, 0.15) is 30.9 Å². The monoisotopic (exact) mass is 233 g/mol. The lowest BCUT2D eigenvalue weighted by molar-refractivity contribution is 0.0565. The predicted octanol–water partition coefficient (Wildman–Crippen LogP) is 1.58. The topological polar surface area (TPSA) is 41.5 Å². The molecule has 92 valence electrons. The Labute approximate surface area is 102 Å². The van der Waals surface area contributed by atoms with Gasteiger partial charge in [-0.05, 0) is 43.0 Å². The number of hydrogen-bond donors (Lipinski definition) is 2. The highest BCUT2D eigenvalue weighted by Gasteiger charge is 2.28. The van der Waals surface area contributed by atoms with Crippen molar-refractivity contribution in [3.05, 3.63) is 29.3 Å². The molecule has 1 unspecified atom stereocenters. The van der Waals surface area contributed by atoms with Crippen LogP contribution in [0, 0.1) is 0 Å². The van der Waals surface area contributed by atoms with Crippen LogP contribution in [0.4, 0.5) is 0 Å². The zero-order valence-corrected chi connectivity index (χ0v) is 10.2. The van der Waals surface area contributed by atoms with Crippen LogP contribution in [0.15, 0.2) is 18.2 Å². The molecule has 17 heavy (non-hydrogen) atoms. The fourth-order valence-corrected chi connectivity index (χ4v) is 2.25. The van der Waals surface area contributed by atoms with Crippen molar-refractivity contribution in [3.8, 4) is 5.75 Å². The van der Waals surface area contributed by atoms with E-state index in [9.17, 15) is 5.11 Å². The summed E-state index contributed by atoms with van der Waals surface area (Å²) in [6.45, 7) is 3.26. The van der Waals surface area contributed by atoms with E-state index in [1.807, 2.05) is 19.1 Å². The summed E-state index contributed by atoms with van der Waals surface area (Å²) in [6, 6.07) is 6.65. The van der Waals surface area contributed by atoms with Gasteiger partial charge in [0, 0.05) is 19.0 Å². The lowest BCUT2D eigenvalue weighted by Gasteiger charge is -2.25. The molecule has 1 fully saturated rings. The minimum atomic E-state index is -0.791. The van der Waals surface area contributed by atoms with Gasteiger partial charge in [0.25, 0.3) is 0 Å². The molecule has 1 atom stereocenters. The Hall–Kier alpha value is -1.06. The van der Waals surface area contributed by atoms with Crippen molar-refractivity contribution in [2.24, 2.45) is 0 Å². The molecule has 1 aromatic rings. The number of nitrogens with one attached hydrogen (secondary N) is 1. The first-order chi connectivity index (χ1) is 8.15. The summed E-state index contributed by atoms with van der Waals surface area (Å²) in [6.07, 6.45) is 3.44. The molecule has 0 aromatic heterocycles. The zero-order chi connectivity index (χ0) is 11.9. The van der Waals surface area contributed by atoms with E-state index in [0.29, 0.717) is 12.6 Å². The molecule has 0 spiro atoms. The number of rotatable bonds is 4. The first-order valence-corrected chi connectivity index (χ1v) is 6.37. The predicted molar refractivity (Wildman–Crippen MR) is 66.2 cm³/mol. The Morgan fingerprint density at radius 1 is 1.47 bits per heavy atom. The molecule has 3 nitrogen and oxygen atoms in total. The third kappa shape index (κ3) is 2.31. The van der Waals surface area contributed by atoms with Gasteiger partial charge in [-0.25, -0.2) is 0 Å². The van der Waals surface area contributed by atoms with E-state index in [-0.39, 0.29) is 0 Å². The van der Waals surface area contributed by atoms with Crippen LogP contribution >= 0.6 is 0 Å². The van der Waals surface area contributed by atoms with Gasteiger partial charge in [-0.1, -0.05) is 6.07 Å². The first kappa shape index (κ1) is 11.1. The molecule has 1 heterocycles. The van der Waals surface area contributed by atoms with Crippen LogP contribution in [-0.2, 0) is 12.0 Å². The molecule has 3 heteroatoms. The third-order valence-corrected chi connectivity index (χ3v) is 3.62. The average Bonchev–Trinajstić information content (AvgIpc) is 3.02. The van der Waals surface area contributed by atoms with Crippen LogP contribution in [0.25, 0.3) is 0 Å². The van der Waals surface area contributed by atoms with Gasteiger partial charge in [-0.3, -0.25) is 0 Å². The molecule has 0 amide bonds. The minimum absolute atomic E-state index is 0.622. The summed E-state index contributed by atoms with van der Waals surface area (Å²) in [5, 5.41) is 13.9. The number of aliphatic hydroxyl groups is 1. The summed E-state index contributed by atoms with van der Waals surface area (Å²) < 4.78 is 5.48. The van der Waals surface area contributed by atoms with Crippen molar-refractivity contribution in [2.75, 3.05) is 13.2 Å². The second kappa shape index (κ2) is 4.00. The molecule has 2 aliphatic rings. The molecule has 0 saturated heterocycles. The Balaban J connectivity index is 1.76. The van der Waals surface area contributed by atoms with Crippen molar-refractivity contribution in [1.82, 2.24) is 5.32 Å². The summed E-state index contributed by atoms with van der Waals surface area (Å²) in [5.74, 6) is 0.972. The lowest BCUT2D eigenvalue weighted by Crippen LogP contribution is -2.36. The van der Waals surface area contributed by atoms with Gasteiger partial charge in [-0.15, -0.1) is 0 Å². The van der Waals surface area contributed by atoms with Crippen molar-refractivity contribution in [3.63, 3.8) is 0 Å². The van der Waals surface area contributed by atoms with E-state index in [1.165, 1.54) is 18.4 Å². The SMILES string of the molecule is CC(O)(CNC1CC1)c1ccc2c(c1)CCO2. The summed E-state index contributed by atoms with van der Waals surface area (Å²) in [7, 11) is 0. The van der Waals surface area contributed by atoms with Crippen molar-refractivity contribution >= 4 is 0 Å². The molecular weight excluding hydrogens is 214 g/mol. The third-order valence-electron chi connectivity index (χ3n) is 3.62. The Morgan fingerprint density at radius 2 is 2.29 bits per heavy atom. The van der Waals surface area contributed by atoms with E-state index < -0.39 is 5.60 Å². The van der Waals surface area contributed by atoms with E-state index in [0.717, 1.165) is 24.3 Å². The second-order valence-electron chi connectivity index (χ2n) is 5.35. The summed E-state index contributed by atoms with van der Waals surface area (Å²) in [4.78, 5) is 0. The number of ether oxygens (including phenoxy) is 1. The molecule has 1 aliphatic carbocycles. The van der Waals surface area contributed by atoms with Crippen LogP contribution in [0.5, 0.6) is 5.75 Å². The van der Waals surface area contributed by atoms with Gasteiger partial charge in [-0.2, -0.15) is 0 Å². The largest absolute Gasteiger partial charge is 0.493 e. The summed E-state index contributed by atoms with van der Waals surface area (Å²) in [5.41, 5.74) is 1.41. The highest BCUT2D eigenvalue weighted by Crippen LogP contribution is 2.30. The maximum atomic E-state index is 10.5. The standard InChI is InChI=1S/C14H19NO2/c1-14(16,9-15-12-3-4-12)11-2-5-13-10(8-11)6-7-17-13/h2,5,8,12,15-16H,3-4,6-7,9H2,1H3. The van der Waals surface area contributed by atoms with E-state index in [4.69, 9.17) is 4.74 Å². The molecule has 3 rings (SSSR count). The van der Waals surface area contributed by atoms with Gasteiger partial charge >= 0.3 is 0 Å². The Morgan fingerprint density at radius 3 is 3.06 bits per heavy atom. The van der Waals surface area contributed by atoms with Gasteiger partial charge in [0.05, 0.1) is 12.2 Å². The molecule has 2 N–H and O–H groups in total. The van der Waals surface area contributed by atoms with E-state index in [2.05, 4.69) is 11.4 Å². The van der Waals surface area contributed by atoms with E-state index in [1.54, 1.807) is 0 Å². The van der Waals surface area contributed by atoms with Gasteiger partial charge in [0.15, 0.2) is 0 Å². The highest BCUT2D eigenvalue weighted by atomic mass is 16.5. The lowest BCUT2D eigenvalue weighted by atomic mass is 9.93. The van der Waals surface area contributed by atoms with Crippen molar-refractivity contribution in [2.45, 2.75) is 37.8 Å². The van der Waals surface area contributed by atoms with Crippen LogP contribution < -0.4 is 10.1 Å². The number of benzene rings is 1. The second-order valence-corrected chi connectivity index (χ2v) is 5.35. The molecule has 0 bridgehead atoms. The fraction of sp³-hybridized carbons (Fsp3) is 0.571. The maximum absolute atomic E-state index is 10.5. The molecule has 1 saturated carbocycles. The van der Waals surface area contributed by atoms with Crippen LogP contribution in [-0.4, -0.2) is 24.3 Å². The smallest absolute Gasteiger partial charge is 0.122 e. The molecule has 1 aliphatic heterocycles. The number of fused-ring (bicyclic) bond motifs is 1. The van der Waals surface area contributed by atoms with Gasteiger partial charge in [0.2, 0.25) is 0 Å². The first-order valence-electron chi connectivity index (χ1n) is 6.37. The highest BCUT2D eigenvalue weighted by molar-refractivity contribution is 5.41. The summed E-state index contributed by atoms with van der Waals surface area (Å²) >= 11 is 0. The van der Waals surface area contributed by atoms with E-state index >= 15 is 0 Å². The van der Waals surface area contributed by atoms with Gasteiger partial charge in [0.1, 0.15) is 5.75 Å². The maximum Gasteiger partial charge on any atom is 0.122 e. The van der Waals surface area contributed by atoms with Crippen molar-refractivity contribution in [1.29, 1.82) is 0 Å². The Bertz CT molecular complexity index is 424. The molecular formula is C14H19NO2. The average molecular weight is 233 g/mol. The zero-order valence-electron chi connectivity index (χ0n) is 10.2. The quantitative estimate of drug-likeness (QED) is 0.829. The normalized spacial score (nSPS) is 21.8.